The van der Waals surface area contributed by atoms with Gasteiger partial charge in [-0.2, -0.15) is 0 Å². The maximum absolute atomic E-state index is 12.4. The molecule has 156 valence electrons. The van der Waals surface area contributed by atoms with Gasteiger partial charge in [0.05, 0.1) is 13.1 Å². The van der Waals surface area contributed by atoms with E-state index in [0.717, 1.165) is 24.2 Å². The molecule has 2 rings (SSSR count). The molecule has 1 aromatic rings. The molecule has 1 aliphatic rings. The van der Waals surface area contributed by atoms with E-state index in [9.17, 15) is 9.59 Å². The molecule has 7 nitrogen and oxygen atoms in total. The number of amides is 2. The summed E-state index contributed by atoms with van der Waals surface area (Å²) in [7, 11) is 0. The van der Waals surface area contributed by atoms with Crippen molar-refractivity contribution in [2.75, 3.05) is 39.3 Å². The highest BCUT2D eigenvalue weighted by Crippen LogP contribution is 2.25. The van der Waals surface area contributed by atoms with Gasteiger partial charge in [0.25, 0.3) is 0 Å². The summed E-state index contributed by atoms with van der Waals surface area (Å²) in [6.07, 6.45) is 1.60. The number of piperidine rings is 1. The van der Waals surface area contributed by atoms with E-state index in [1.165, 1.54) is 0 Å². The highest BCUT2D eigenvalue weighted by molar-refractivity contribution is 5.74. The molecule has 2 amide bonds. The number of likely N-dealkylation sites (tertiary alicyclic amines) is 1. The zero-order valence-corrected chi connectivity index (χ0v) is 17.2. The van der Waals surface area contributed by atoms with Crippen molar-refractivity contribution in [2.24, 2.45) is 0 Å². The van der Waals surface area contributed by atoms with Gasteiger partial charge in [0.1, 0.15) is 12.4 Å². The summed E-state index contributed by atoms with van der Waals surface area (Å²) in [5, 5.41) is 11.9. The highest BCUT2D eigenvalue weighted by atomic mass is 16.5. The van der Waals surface area contributed by atoms with E-state index in [1.807, 2.05) is 30.0 Å². The fourth-order valence-electron chi connectivity index (χ4n) is 3.63. The van der Waals surface area contributed by atoms with Crippen molar-refractivity contribution in [3.05, 3.63) is 29.8 Å². The van der Waals surface area contributed by atoms with Crippen molar-refractivity contribution in [1.82, 2.24) is 15.1 Å². The number of ether oxygens (including phenoxy) is 1. The topological polar surface area (TPSA) is 82.1 Å². The van der Waals surface area contributed by atoms with Crippen LogP contribution in [0.15, 0.2) is 24.3 Å². The number of urea groups is 1. The molecule has 0 unspecified atom stereocenters. The van der Waals surface area contributed by atoms with Gasteiger partial charge in [0.2, 0.25) is 0 Å². The van der Waals surface area contributed by atoms with E-state index in [1.54, 1.807) is 4.90 Å². The summed E-state index contributed by atoms with van der Waals surface area (Å²) in [5.41, 5.74) is 1.16. The number of nitrogens with one attached hydrogen (secondary N) is 1. The lowest BCUT2D eigenvalue weighted by Crippen LogP contribution is -2.50. The summed E-state index contributed by atoms with van der Waals surface area (Å²) in [5.74, 6) is 0.447. The number of hydrogen-bond acceptors (Lipinski definition) is 4. The predicted octanol–water partition coefficient (Wildman–Crippen LogP) is 2.77. The molecular formula is C21H33N3O4. The molecule has 0 saturated carbocycles. The van der Waals surface area contributed by atoms with Crippen LogP contribution in [-0.4, -0.2) is 72.3 Å². The second-order valence-corrected chi connectivity index (χ2v) is 7.45. The standard InChI is InChI=1S/C21H33N3O4/c1-4-23(15-20(25)26)17-9-12-24(13-10-17)21(27)22-11-14-28-19-8-6-5-7-18(19)16(2)3/h5-8,16-17H,4,9-15H2,1-3H3,(H,22,27)(H,25,26). The first-order chi connectivity index (χ1) is 13.4. The number of hydrogen-bond donors (Lipinski definition) is 2. The number of carboxylic acids is 1. The van der Waals surface area contributed by atoms with E-state index in [-0.39, 0.29) is 18.6 Å². The fraction of sp³-hybridized carbons (Fsp3) is 0.619. The van der Waals surface area contributed by atoms with Gasteiger partial charge < -0.3 is 20.1 Å². The molecule has 28 heavy (non-hydrogen) atoms. The van der Waals surface area contributed by atoms with E-state index in [2.05, 4.69) is 25.2 Å². The van der Waals surface area contributed by atoms with Crippen LogP contribution in [0.3, 0.4) is 0 Å². The SMILES string of the molecule is CCN(CC(=O)O)C1CCN(C(=O)NCCOc2ccccc2C(C)C)CC1. The minimum Gasteiger partial charge on any atom is -0.491 e. The lowest BCUT2D eigenvalue weighted by Gasteiger charge is -2.37. The quantitative estimate of drug-likeness (QED) is 0.633. The number of carbonyl (C=O) groups excluding carboxylic acids is 1. The van der Waals surface area contributed by atoms with Crippen LogP contribution >= 0.6 is 0 Å². The molecule has 0 bridgehead atoms. The Balaban J connectivity index is 1.71. The molecule has 1 saturated heterocycles. The number of carboxylic acid groups (broad SMARTS) is 1. The maximum Gasteiger partial charge on any atom is 0.317 e. The third kappa shape index (κ3) is 6.41. The Hall–Kier alpha value is -2.28. The van der Waals surface area contributed by atoms with Crippen molar-refractivity contribution in [3.63, 3.8) is 0 Å². The summed E-state index contributed by atoms with van der Waals surface area (Å²) in [4.78, 5) is 27.1. The first kappa shape index (κ1) is 22.0. The van der Waals surface area contributed by atoms with E-state index in [4.69, 9.17) is 9.84 Å². The predicted molar refractivity (Wildman–Crippen MR) is 109 cm³/mol. The van der Waals surface area contributed by atoms with Gasteiger partial charge in [-0.3, -0.25) is 9.69 Å². The third-order valence-corrected chi connectivity index (χ3v) is 5.19. The number of benzene rings is 1. The molecule has 1 fully saturated rings. The van der Waals surface area contributed by atoms with Gasteiger partial charge in [-0.15, -0.1) is 0 Å². The fourth-order valence-corrected chi connectivity index (χ4v) is 3.63. The lowest BCUT2D eigenvalue weighted by molar-refractivity contribution is -0.139. The molecule has 1 heterocycles. The molecule has 7 heteroatoms. The summed E-state index contributed by atoms with van der Waals surface area (Å²) in [6.45, 7) is 9.15. The molecule has 0 aromatic heterocycles. The number of carbonyl (C=O) groups is 2. The van der Waals surface area contributed by atoms with Crippen LogP contribution in [0.1, 0.15) is 45.1 Å². The van der Waals surface area contributed by atoms with Crippen molar-refractivity contribution in [3.8, 4) is 5.75 Å². The van der Waals surface area contributed by atoms with Crippen LogP contribution in [0.4, 0.5) is 4.79 Å². The smallest absolute Gasteiger partial charge is 0.317 e. The first-order valence-corrected chi connectivity index (χ1v) is 10.1. The molecule has 0 aliphatic carbocycles. The van der Waals surface area contributed by atoms with Crippen molar-refractivity contribution >= 4 is 12.0 Å². The molecule has 0 spiro atoms. The molecule has 1 aromatic carbocycles. The first-order valence-electron chi connectivity index (χ1n) is 10.1. The minimum atomic E-state index is -0.805. The van der Waals surface area contributed by atoms with E-state index in [0.29, 0.717) is 38.7 Å². The number of aliphatic carboxylic acids is 1. The molecular weight excluding hydrogens is 358 g/mol. The van der Waals surface area contributed by atoms with Gasteiger partial charge in [0, 0.05) is 19.1 Å². The van der Waals surface area contributed by atoms with Crippen LogP contribution < -0.4 is 10.1 Å². The maximum atomic E-state index is 12.4. The third-order valence-electron chi connectivity index (χ3n) is 5.19. The number of rotatable bonds is 9. The van der Waals surface area contributed by atoms with Crippen molar-refractivity contribution < 1.29 is 19.4 Å². The average Bonchev–Trinajstić information content (AvgIpc) is 2.69. The monoisotopic (exact) mass is 391 g/mol. The Morgan fingerprint density at radius 3 is 2.57 bits per heavy atom. The Kier molecular flexibility index (Phi) is 8.57. The van der Waals surface area contributed by atoms with Gasteiger partial charge >= 0.3 is 12.0 Å². The highest BCUT2D eigenvalue weighted by Gasteiger charge is 2.27. The summed E-state index contributed by atoms with van der Waals surface area (Å²) < 4.78 is 5.84. The Morgan fingerprint density at radius 2 is 1.96 bits per heavy atom. The van der Waals surface area contributed by atoms with Crippen LogP contribution in [0.5, 0.6) is 5.75 Å². The van der Waals surface area contributed by atoms with Gasteiger partial charge in [-0.05, 0) is 36.9 Å². The Labute approximate surface area is 167 Å². The number of para-hydroxylation sites is 1. The van der Waals surface area contributed by atoms with E-state index < -0.39 is 5.97 Å². The van der Waals surface area contributed by atoms with Gasteiger partial charge in [0.15, 0.2) is 0 Å². The van der Waals surface area contributed by atoms with Crippen molar-refractivity contribution in [1.29, 1.82) is 0 Å². The Morgan fingerprint density at radius 1 is 1.29 bits per heavy atom. The zero-order valence-electron chi connectivity index (χ0n) is 17.2. The van der Waals surface area contributed by atoms with Gasteiger partial charge in [-0.1, -0.05) is 39.0 Å². The van der Waals surface area contributed by atoms with Crippen LogP contribution in [-0.2, 0) is 4.79 Å². The largest absolute Gasteiger partial charge is 0.491 e. The summed E-state index contributed by atoms with van der Waals surface area (Å²) >= 11 is 0. The normalized spacial score (nSPS) is 15.1. The molecule has 0 atom stereocenters. The average molecular weight is 392 g/mol. The molecule has 0 radical (unpaired) electrons. The second kappa shape index (κ2) is 10.9. The number of likely N-dealkylation sites (N-methyl/N-ethyl adjacent to an activating group) is 1. The van der Waals surface area contributed by atoms with Crippen LogP contribution in [0.25, 0.3) is 0 Å². The Bertz CT molecular complexity index is 642. The lowest BCUT2D eigenvalue weighted by atomic mass is 10.0. The molecule has 1 aliphatic heterocycles. The van der Waals surface area contributed by atoms with E-state index >= 15 is 0 Å². The second-order valence-electron chi connectivity index (χ2n) is 7.45. The van der Waals surface area contributed by atoms with Crippen LogP contribution in [0, 0.1) is 0 Å². The number of nitrogens with zero attached hydrogens (tertiary/aromatic N) is 2. The van der Waals surface area contributed by atoms with Crippen LogP contribution in [0.2, 0.25) is 0 Å². The van der Waals surface area contributed by atoms with Gasteiger partial charge in [-0.25, -0.2) is 4.79 Å². The summed E-state index contributed by atoms with van der Waals surface area (Å²) in [6, 6.07) is 8.12. The molecule has 2 N–H and O–H groups in total. The van der Waals surface area contributed by atoms with Crippen molar-refractivity contribution in [2.45, 2.75) is 45.6 Å². The zero-order chi connectivity index (χ0) is 20.5. The minimum absolute atomic E-state index is 0.0581.